The van der Waals surface area contributed by atoms with Gasteiger partial charge in [-0.2, -0.15) is 0 Å². The quantitative estimate of drug-likeness (QED) is 0.541. The number of ether oxygens (including phenoxy) is 2. The number of hydrogen-bond donors (Lipinski definition) is 0. The van der Waals surface area contributed by atoms with Gasteiger partial charge in [-0.1, -0.05) is 0 Å². The van der Waals surface area contributed by atoms with Gasteiger partial charge in [-0.15, -0.1) is 0 Å². The van der Waals surface area contributed by atoms with Crippen LogP contribution in [0, 0.1) is 5.92 Å². The number of hydrogen-bond acceptors (Lipinski definition) is 5. The summed E-state index contributed by atoms with van der Waals surface area (Å²) in [5.41, 5.74) is -0.632. The van der Waals surface area contributed by atoms with Gasteiger partial charge >= 0.3 is 11.9 Å². The second-order valence-electron chi connectivity index (χ2n) is 4.71. The van der Waals surface area contributed by atoms with Crippen molar-refractivity contribution in [3.8, 4) is 0 Å². The van der Waals surface area contributed by atoms with Crippen molar-refractivity contribution >= 4 is 17.7 Å². The Balaban J connectivity index is 4.51. The maximum Gasteiger partial charge on any atom is 0.317 e. The molecule has 0 fully saturated rings. The zero-order chi connectivity index (χ0) is 13.6. The molecule has 0 heterocycles. The van der Waals surface area contributed by atoms with Gasteiger partial charge in [0.1, 0.15) is 17.3 Å². The lowest BCUT2D eigenvalue weighted by molar-refractivity contribution is -0.163. The molecule has 1 atom stereocenters. The molecule has 1 unspecified atom stereocenters. The van der Waals surface area contributed by atoms with Crippen molar-refractivity contribution < 1.29 is 23.9 Å². The Morgan fingerprint density at radius 1 is 1.18 bits per heavy atom. The molecular weight excluding hydrogens is 224 g/mol. The summed E-state index contributed by atoms with van der Waals surface area (Å²) in [6.07, 6.45) is -0.272. The van der Waals surface area contributed by atoms with E-state index in [-0.39, 0.29) is 13.0 Å². The molecule has 0 N–H and O–H groups in total. The molecule has 0 aromatic rings. The van der Waals surface area contributed by atoms with E-state index in [4.69, 9.17) is 9.47 Å². The van der Waals surface area contributed by atoms with Crippen molar-refractivity contribution in [2.75, 3.05) is 6.61 Å². The lowest BCUT2D eigenvalue weighted by atomic mass is 10.0. The van der Waals surface area contributed by atoms with Gasteiger partial charge in [0.2, 0.25) is 0 Å². The van der Waals surface area contributed by atoms with E-state index >= 15 is 0 Å². The van der Waals surface area contributed by atoms with E-state index in [9.17, 15) is 14.4 Å². The Morgan fingerprint density at radius 2 is 1.71 bits per heavy atom. The maximum absolute atomic E-state index is 11.5. The monoisotopic (exact) mass is 244 g/mol. The third kappa shape index (κ3) is 6.71. The molecule has 0 amide bonds. The van der Waals surface area contributed by atoms with E-state index in [1.165, 1.54) is 6.92 Å². The van der Waals surface area contributed by atoms with Crippen LogP contribution < -0.4 is 0 Å². The summed E-state index contributed by atoms with van der Waals surface area (Å²) >= 11 is 0. The minimum atomic E-state index is -1.07. The molecule has 0 spiro atoms. The molecule has 5 nitrogen and oxygen atoms in total. The zero-order valence-electron chi connectivity index (χ0n) is 11.0. The Labute approximate surface area is 101 Å². The summed E-state index contributed by atoms with van der Waals surface area (Å²) in [5, 5.41) is 0. The van der Waals surface area contributed by atoms with E-state index < -0.39 is 29.2 Å². The van der Waals surface area contributed by atoms with Crippen molar-refractivity contribution in [1.82, 2.24) is 0 Å². The first-order chi connectivity index (χ1) is 7.67. The predicted molar refractivity (Wildman–Crippen MR) is 61.3 cm³/mol. The van der Waals surface area contributed by atoms with Gasteiger partial charge in [-0.05, 0) is 34.6 Å². The van der Waals surface area contributed by atoms with Crippen LogP contribution in [-0.2, 0) is 23.9 Å². The third-order valence-corrected chi connectivity index (χ3v) is 1.85. The summed E-state index contributed by atoms with van der Waals surface area (Å²) in [4.78, 5) is 34.2. The zero-order valence-corrected chi connectivity index (χ0v) is 11.0. The van der Waals surface area contributed by atoms with Crippen molar-refractivity contribution in [1.29, 1.82) is 0 Å². The molecular formula is C12H20O5. The average molecular weight is 244 g/mol. The van der Waals surface area contributed by atoms with Gasteiger partial charge in [0.15, 0.2) is 0 Å². The van der Waals surface area contributed by atoms with Crippen LogP contribution in [0.25, 0.3) is 0 Å². The summed E-state index contributed by atoms with van der Waals surface area (Å²) in [6, 6.07) is 0. The highest BCUT2D eigenvalue weighted by molar-refractivity contribution is 6.00. The van der Waals surface area contributed by atoms with Crippen LogP contribution in [0.5, 0.6) is 0 Å². The first kappa shape index (κ1) is 15.6. The third-order valence-electron chi connectivity index (χ3n) is 1.85. The van der Waals surface area contributed by atoms with Gasteiger partial charge < -0.3 is 9.47 Å². The molecule has 0 aromatic carbocycles. The van der Waals surface area contributed by atoms with E-state index in [1.807, 2.05) is 0 Å². The van der Waals surface area contributed by atoms with Crippen LogP contribution in [0.15, 0.2) is 0 Å². The predicted octanol–water partition coefficient (Wildman–Crippen LogP) is 1.49. The van der Waals surface area contributed by atoms with Crippen molar-refractivity contribution in [2.45, 2.75) is 46.6 Å². The first-order valence-electron chi connectivity index (χ1n) is 5.56. The number of rotatable bonds is 5. The Kier molecular flexibility index (Phi) is 5.85. The molecule has 0 aromatic heterocycles. The molecule has 0 rings (SSSR count). The van der Waals surface area contributed by atoms with Crippen LogP contribution >= 0.6 is 0 Å². The molecule has 5 heteroatoms. The van der Waals surface area contributed by atoms with Crippen LogP contribution in [0.1, 0.15) is 41.0 Å². The fourth-order valence-corrected chi connectivity index (χ4v) is 1.19. The Morgan fingerprint density at radius 3 is 2.06 bits per heavy atom. The standard InChI is InChI=1S/C12H20O5/c1-6-16-11(15)9(8(2)13)7-10(14)17-12(3,4)5/h9H,6-7H2,1-5H3. The Hall–Kier alpha value is -1.39. The summed E-state index contributed by atoms with van der Waals surface area (Å²) in [7, 11) is 0. The topological polar surface area (TPSA) is 69.7 Å². The van der Waals surface area contributed by atoms with Gasteiger partial charge in [0.05, 0.1) is 13.0 Å². The van der Waals surface area contributed by atoms with Gasteiger partial charge in [0.25, 0.3) is 0 Å². The number of carbonyl (C=O) groups is 3. The van der Waals surface area contributed by atoms with Crippen molar-refractivity contribution in [3.63, 3.8) is 0 Å². The minimum Gasteiger partial charge on any atom is -0.465 e. The van der Waals surface area contributed by atoms with E-state index in [0.29, 0.717) is 0 Å². The largest absolute Gasteiger partial charge is 0.465 e. The molecule has 0 saturated heterocycles. The fraction of sp³-hybridized carbons (Fsp3) is 0.750. The maximum atomic E-state index is 11.5. The summed E-state index contributed by atoms with van der Waals surface area (Å²) in [5.74, 6) is -2.71. The van der Waals surface area contributed by atoms with Gasteiger partial charge in [0, 0.05) is 0 Å². The van der Waals surface area contributed by atoms with Gasteiger partial charge in [-0.25, -0.2) is 0 Å². The summed E-state index contributed by atoms with van der Waals surface area (Å²) < 4.78 is 9.78. The number of ketones is 1. The van der Waals surface area contributed by atoms with Crippen LogP contribution in [0.2, 0.25) is 0 Å². The molecule has 0 saturated carbocycles. The summed E-state index contributed by atoms with van der Waals surface area (Å²) in [6.45, 7) is 8.24. The average Bonchev–Trinajstić information content (AvgIpc) is 2.11. The molecule has 98 valence electrons. The first-order valence-corrected chi connectivity index (χ1v) is 5.56. The van der Waals surface area contributed by atoms with Gasteiger partial charge in [-0.3, -0.25) is 14.4 Å². The van der Waals surface area contributed by atoms with Crippen LogP contribution in [0.3, 0.4) is 0 Å². The van der Waals surface area contributed by atoms with Crippen LogP contribution in [0.4, 0.5) is 0 Å². The molecule has 0 aliphatic rings. The number of Topliss-reactive ketones (excluding diaryl/α,β-unsaturated/α-hetero) is 1. The molecule has 0 aliphatic heterocycles. The highest BCUT2D eigenvalue weighted by Crippen LogP contribution is 2.14. The van der Waals surface area contributed by atoms with Crippen molar-refractivity contribution in [2.24, 2.45) is 5.92 Å². The van der Waals surface area contributed by atoms with E-state index in [1.54, 1.807) is 27.7 Å². The minimum absolute atomic E-state index is 0.178. The van der Waals surface area contributed by atoms with E-state index in [2.05, 4.69) is 0 Å². The van der Waals surface area contributed by atoms with Crippen LogP contribution in [-0.4, -0.2) is 29.9 Å². The van der Waals surface area contributed by atoms with E-state index in [0.717, 1.165) is 0 Å². The molecule has 17 heavy (non-hydrogen) atoms. The normalized spacial score (nSPS) is 12.8. The molecule has 0 bridgehead atoms. The number of carbonyl (C=O) groups excluding carboxylic acids is 3. The SMILES string of the molecule is CCOC(=O)C(CC(=O)OC(C)(C)C)C(C)=O. The smallest absolute Gasteiger partial charge is 0.317 e. The molecule has 0 aliphatic carbocycles. The fourth-order valence-electron chi connectivity index (χ4n) is 1.19. The molecule has 0 radical (unpaired) electrons. The lowest BCUT2D eigenvalue weighted by Crippen LogP contribution is -2.31. The lowest BCUT2D eigenvalue weighted by Gasteiger charge is -2.20. The highest BCUT2D eigenvalue weighted by atomic mass is 16.6. The van der Waals surface area contributed by atoms with Crippen molar-refractivity contribution in [3.05, 3.63) is 0 Å². The second-order valence-corrected chi connectivity index (χ2v) is 4.71. The highest BCUT2D eigenvalue weighted by Gasteiger charge is 2.29. The number of esters is 2. The second kappa shape index (κ2) is 6.37. The Bertz CT molecular complexity index is 301.